The molecule has 1 saturated heterocycles. The number of ether oxygens (including phenoxy) is 1. The molecule has 0 radical (unpaired) electrons. The van der Waals surface area contributed by atoms with Crippen LogP contribution >= 0.6 is 0 Å². The number of hydrogen-bond donors (Lipinski definition) is 2. The van der Waals surface area contributed by atoms with Gasteiger partial charge in [-0.3, -0.25) is 4.90 Å². The van der Waals surface area contributed by atoms with Crippen LogP contribution in [0.25, 0.3) is 11.0 Å². The van der Waals surface area contributed by atoms with Gasteiger partial charge >= 0.3 is 6.09 Å². The number of imidazole rings is 2. The summed E-state index contributed by atoms with van der Waals surface area (Å²) in [6.07, 6.45) is 16.1. The quantitative estimate of drug-likeness (QED) is 0.365. The lowest BCUT2D eigenvalue weighted by atomic mass is 9.51. The first-order valence-electron chi connectivity index (χ1n) is 15.3. The van der Waals surface area contributed by atoms with Crippen molar-refractivity contribution in [3.05, 3.63) is 47.3 Å². The Balaban J connectivity index is 1.07. The first-order chi connectivity index (χ1) is 18.7. The summed E-state index contributed by atoms with van der Waals surface area (Å²) >= 11 is 0. The van der Waals surface area contributed by atoms with Gasteiger partial charge in [0.2, 0.25) is 0 Å². The molecule has 7 nitrogen and oxygen atoms in total. The number of likely N-dealkylation sites (tertiary alicyclic amines) is 1. The highest BCUT2D eigenvalue weighted by Gasteiger charge is 2.51. The topological polar surface area (TPSA) is 86.9 Å². The summed E-state index contributed by atoms with van der Waals surface area (Å²) in [5.41, 5.74) is 5.06. The first kappa shape index (κ1) is 25.2. The molecule has 1 unspecified atom stereocenters. The smallest absolute Gasteiger partial charge is 0.410 e. The zero-order valence-corrected chi connectivity index (χ0v) is 23.8. The van der Waals surface area contributed by atoms with Gasteiger partial charge in [-0.15, -0.1) is 0 Å². The van der Waals surface area contributed by atoms with Gasteiger partial charge in [-0.2, -0.15) is 0 Å². The highest BCUT2D eigenvalue weighted by Crippen LogP contribution is 2.58. The van der Waals surface area contributed by atoms with E-state index in [-0.39, 0.29) is 23.0 Å². The van der Waals surface area contributed by atoms with Crippen LogP contribution in [0.3, 0.4) is 0 Å². The van der Waals surface area contributed by atoms with Gasteiger partial charge in [-0.05, 0) is 108 Å². The van der Waals surface area contributed by atoms with Crippen molar-refractivity contribution in [3.63, 3.8) is 0 Å². The number of hydrogen-bond acceptors (Lipinski definition) is 4. The minimum absolute atomic E-state index is 0.0217. The summed E-state index contributed by atoms with van der Waals surface area (Å²) in [7, 11) is 0. The van der Waals surface area contributed by atoms with Gasteiger partial charge in [-0.25, -0.2) is 14.8 Å². The first-order valence-corrected chi connectivity index (χ1v) is 15.3. The zero-order chi connectivity index (χ0) is 26.8. The maximum Gasteiger partial charge on any atom is 0.410 e. The average Bonchev–Trinajstić information content (AvgIpc) is 3.74. The second-order valence-electron chi connectivity index (χ2n) is 13.9. The van der Waals surface area contributed by atoms with Crippen LogP contribution in [-0.2, 0) is 15.6 Å². The van der Waals surface area contributed by atoms with E-state index in [9.17, 15) is 4.79 Å². The summed E-state index contributed by atoms with van der Waals surface area (Å²) in [5, 5.41) is 0. The van der Waals surface area contributed by atoms with E-state index in [2.05, 4.69) is 34.4 Å². The van der Waals surface area contributed by atoms with E-state index in [4.69, 9.17) is 14.7 Å². The van der Waals surface area contributed by atoms with E-state index in [1.807, 2.05) is 25.7 Å². The monoisotopic (exact) mass is 529 g/mol. The molecule has 1 aromatic carbocycles. The minimum atomic E-state index is -0.492. The molecule has 208 valence electrons. The molecule has 4 aliphatic carbocycles. The van der Waals surface area contributed by atoms with E-state index in [1.54, 1.807) is 0 Å². The molecule has 1 atom stereocenters. The summed E-state index contributed by atoms with van der Waals surface area (Å²) in [6.45, 7) is 6.50. The molecule has 3 aromatic rings. The number of nitrogens with one attached hydrogen (secondary N) is 2. The summed E-state index contributed by atoms with van der Waals surface area (Å²) in [4.78, 5) is 31.9. The van der Waals surface area contributed by atoms with Gasteiger partial charge < -0.3 is 14.7 Å². The molecule has 5 fully saturated rings. The van der Waals surface area contributed by atoms with Crippen molar-refractivity contribution in [1.82, 2.24) is 24.8 Å². The minimum Gasteiger partial charge on any atom is -0.444 e. The third kappa shape index (κ3) is 4.36. The number of nitrogens with zero attached hydrogens (tertiary/aromatic N) is 3. The number of amides is 1. The van der Waals surface area contributed by atoms with E-state index in [0.29, 0.717) is 5.92 Å². The molecule has 5 aliphatic rings. The van der Waals surface area contributed by atoms with Crippen molar-refractivity contribution in [2.75, 3.05) is 6.54 Å². The lowest BCUT2D eigenvalue weighted by Gasteiger charge is -2.53. The number of benzene rings is 1. The fourth-order valence-corrected chi connectivity index (χ4v) is 8.14. The maximum atomic E-state index is 12.9. The molecule has 2 N–H and O–H groups in total. The molecule has 2 aromatic heterocycles. The van der Waals surface area contributed by atoms with Crippen molar-refractivity contribution in [2.45, 2.75) is 126 Å². The largest absolute Gasteiger partial charge is 0.444 e. The highest BCUT2D eigenvalue weighted by molar-refractivity contribution is 5.76. The molecule has 8 rings (SSSR count). The third-order valence-electron chi connectivity index (χ3n) is 10.5. The van der Waals surface area contributed by atoms with Crippen molar-refractivity contribution in [3.8, 4) is 0 Å². The summed E-state index contributed by atoms with van der Waals surface area (Å²) in [6, 6.07) is 7.01. The number of fused-ring (bicyclic) bond motifs is 4. The van der Waals surface area contributed by atoms with Crippen molar-refractivity contribution in [2.24, 2.45) is 0 Å². The molecular formula is C32H43N5O2. The number of carbonyl (C=O) groups is 1. The Morgan fingerprint density at radius 1 is 0.949 bits per heavy atom. The predicted octanol–water partition coefficient (Wildman–Crippen LogP) is 7.56. The third-order valence-corrected chi connectivity index (χ3v) is 10.5. The van der Waals surface area contributed by atoms with Gasteiger partial charge in [0, 0.05) is 29.8 Å². The van der Waals surface area contributed by atoms with Crippen LogP contribution in [-0.4, -0.2) is 43.1 Å². The maximum absolute atomic E-state index is 12.9. The van der Waals surface area contributed by atoms with Crippen LogP contribution in [0.5, 0.6) is 0 Å². The van der Waals surface area contributed by atoms with Crippen LogP contribution in [0, 0.1) is 0 Å². The number of carbonyl (C=O) groups excluding carboxylic acids is 1. The second kappa shape index (κ2) is 9.10. The van der Waals surface area contributed by atoms with Crippen molar-refractivity contribution in [1.29, 1.82) is 0 Å². The molecule has 2 bridgehead atoms. The number of H-pyrrole nitrogens is 2. The Bertz CT molecular complexity index is 1350. The fourth-order valence-electron chi connectivity index (χ4n) is 8.14. The molecule has 1 aliphatic heterocycles. The lowest BCUT2D eigenvalue weighted by Crippen LogP contribution is -2.46. The van der Waals surface area contributed by atoms with Gasteiger partial charge in [0.05, 0.1) is 17.1 Å². The Morgan fingerprint density at radius 2 is 1.67 bits per heavy atom. The van der Waals surface area contributed by atoms with Gasteiger partial charge in [0.25, 0.3) is 0 Å². The molecule has 7 heteroatoms. The van der Waals surface area contributed by atoms with E-state index in [0.717, 1.165) is 30.7 Å². The molecular weight excluding hydrogens is 486 g/mol. The van der Waals surface area contributed by atoms with Crippen LogP contribution < -0.4 is 0 Å². The second-order valence-corrected chi connectivity index (χ2v) is 13.9. The van der Waals surface area contributed by atoms with Crippen LogP contribution in [0.2, 0.25) is 0 Å². The van der Waals surface area contributed by atoms with Crippen LogP contribution in [0.1, 0.15) is 133 Å². The lowest BCUT2D eigenvalue weighted by molar-refractivity contribution is 0.0218. The Hall–Kier alpha value is -2.83. The van der Waals surface area contributed by atoms with Crippen molar-refractivity contribution >= 4 is 17.1 Å². The van der Waals surface area contributed by atoms with Gasteiger partial charge in [0.1, 0.15) is 17.2 Å². The predicted molar refractivity (Wildman–Crippen MR) is 152 cm³/mol. The van der Waals surface area contributed by atoms with Gasteiger partial charge in [0.15, 0.2) is 0 Å². The summed E-state index contributed by atoms with van der Waals surface area (Å²) in [5.74, 6) is 2.74. The molecule has 0 spiro atoms. The van der Waals surface area contributed by atoms with E-state index in [1.165, 1.54) is 86.8 Å². The van der Waals surface area contributed by atoms with Gasteiger partial charge in [-0.1, -0.05) is 18.9 Å². The number of rotatable bonds is 4. The zero-order valence-electron chi connectivity index (χ0n) is 23.8. The number of aromatic nitrogens is 4. The van der Waals surface area contributed by atoms with Crippen LogP contribution in [0.15, 0.2) is 24.4 Å². The van der Waals surface area contributed by atoms with Crippen molar-refractivity contribution < 1.29 is 9.53 Å². The highest BCUT2D eigenvalue weighted by atomic mass is 16.6. The van der Waals surface area contributed by atoms with E-state index < -0.39 is 5.60 Å². The summed E-state index contributed by atoms with van der Waals surface area (Å²) < 4.78 is 5.69. The fraction of sp³-hybridized carbons (Fsp3) is 0.656. The Morgan fingerprint density at radius 3 is 2.38 bits per heavy atom. The van der Waals surface area contributed by atoms with E-state index >= 15 is 0 Å². The molecule has 39 heavy (non-hydrogen) atoms. The molecule has 1 amide bonds. The Labute approximate surface area is 231 Å². The SMILES string of the molecule is CC(C)(C)OC(=O)N1CCCC1c1ncc(C23CCC(c4ccc5nc(C6CCCC6)[nH]c5c4)(CC2)CC3)[nH]1. The molecule has 3 heterocycles. The number of aromatic amines is 2. The normalized spacial score (nSPS) is 29.5. The standard InChI is InChI=1S/C32H43N5O2/c1-30(2,3)39-29(38)37-18-6-9-25(37)28-33-20-26(36-28)32-15-12-31(13-16-32,14-17-32)22-10-11-23-24(19-22)35-27(34-23)21-7-4-5-8-21/h10-11,19-21,25H,4-9,12-18H2,1-3H3,(H,33,36)(H,34,35). The Kier molecular flexibility index (Phi) is 5.87. The van der Waals surface area contributed by atoms with Crippen LogP contribution in [0.4, 0.5) is 4.79 Å². The average molecular weight is 530 g/mol. The molecule has 4 saturated carbocycles.